The second-order valence-electron chi connectivity index (χ2n) is 6.08. The van der Waals surface area contributed by atoms with Crippen molar-refractivity contribution < 1.29 is 9.59 Å². The molecular weight excluding hydrogens is 308 g/mol. The maximum Gasteiger partial charge on any atom is 0.258 e. The van der Waals surface area contributed by atoms with E-state index < -0.39 is 6.04 Å². The normalized spacial score (nSPS) is 16.7. The Hall–Kier alpha value is -2.77. The van der Waals surface area contributed by atoms with Crippen LogP contribution in [0.15, 0.2) is 18.7 Å². The van der Waals surface area contributed by atoms with E-state index in [1.807, 2.05) is 7.05 Å². The maximum atomic E-state index is 13.0. The first kappa shape index (κ1) is 16.1. The van der Waals surface area contributed by atoms with Crippen LogP contribution in [0.25, 0.3) is 0 Å². The van der Waals surface area contributed by atoms with Crippen LogP contribution in [-0.4, -0.2) is 62.0 Å². The van der Waals surface area contributed by atoms with Crippen molar-refractivity contribution in [1.82, 2.24) is 29.5 Å². The van der Waals surface area contributed by atoms with Crippen molar-refractivity contribution >= 4 is 11.8 Å². The van der Waals surface area contributed by atoms with Gasteiger partial charge in [-0.05, 0) is 6.92 Å². The highest BCUT2D eigenvalue weighted by molar-refractivity contribution is 5.98. The van der Waals surface area contributed by atoms with Gasteiger partial charge in [0.1, 0.15) is 12.4 Å². The van der Waals surface area contributed by atoms with Gasteiger partial charge in [0.15, 0.2) is 0 Å². The molecule has 0 spiro atoms. The summed E-state index contributed by atoms with van der Waals surface area (Å²) in [6.07, 6.45) is 5.24. The number of nitrogens with zero attached hydrogens (tertiary/aromatic N) is 6. The van der Waals surface area contributed by atoms with Crippen molar-refractivity contribution in [2.24, 2.45) is 7.05 Å². The Morgan fingerprint density at radius 3 is 2.71 bits per heavy atom. The maximum absolute atomic E-state index is 13.0. The predicted octanol–water partition coefficient (Wildman–Crippen LogP) is 0.346. The van der Waals surface area contributed by atoms with E-state index in [0.29, 0.717) is 24.2 Å². The van der Waals surface area contributed by atoms with Crippen molar-refractivity contribution in [3.63, 3.8) is 0 Å². The average molecular weight is 328 g/mol. The number of likely N-dealkylation sites (N-methyl/N-ethyl adjacent to an activating group) is 1. The minimum absolute atomic E-state index is 0.146. The van der Waals surface area contributed by atoms with Gasteiger partial charge in [-0.2, -0.15) is 5.10 Å². The molecule has 126 valence electrons. The molecule has 0 bridgehead atoms. The number of hydrogen-bond donors (Lipinski definition) is 0. The van der Waals surface area contributed by atoms with Gasteiger partial charge in [0.2, 0.25) is 5.91 Å². The Balaban J connectivity index is 2.05. The Labute approximate surface area is 140 Å². The lowest BCUT2D eigenvalue weighted by atomic mass is 9.96. The zero-order chi connectivity index (χ0) is 17.4. The van der Waals surface area contributed by atoms with Gasteiger partial charge in [-0.15, -0.1) is 0 Å². The number of carbonyl (C=O) groups is 2. The molecule has 0 saturated heterocycles. The minimum atomic E-state index is -0.676. The van der Waals surface area contributed by atoms with E-state index in [2.05, 4.69) is 15.1 Å². The molecule has 1 atom stereocenters. The van der Waals surface area contributed by atoms with Gasteiger partial charge in [0.25, 0.3) is 5.91 Å². The van der Waals surface area contributed by atoms with Crippen LogP contribution in [0.3, 0.4) is 0 Å². The number of rotatable bonds is 2. The molecule has 0 fully saturated rings. The van der Waals surface area contributed by atoms with E-state index >= 15 is 0 Å². The number of hydrogen-bond acceptors (Lipinski definition) is 5. The Morgan fingerprint density at radius 1 is 1.29 bits per heavy atom. The number of fused-ring (bicyclic) bond motifs is 1. The first-order chi connectivity index (χ1) is 11.4. The number of carbonyl (C=O) groups excluding carboxylic acids is 2. The van der Waals surface area contributed by atoms with Crippen LogP contribution in [0.5, 0.6) is 0 Å². The molecule has 0 saturated carbocycles. The van der Waals surface area contributed by atoms with Gasteiger partial charge in [-0.1, -0.05) is 0 Å². The van der Waals surface area contributed by atoms with Gasteiger partial charge in [-0.3, -0.25) is 14.3 Å². The third-order valence-corrected chi connectivity index (χ3v) is 4.37. The van der Waals surface area contributed by atoms with Crippen LogP contribution in [0.4, 0.5) is 0 Å². The van der Waals surface area contributed by atoms with Gasteiger partial charge in [0.05, 0.1) is 17.5 Å². The Bertz CT molecular complexity index is 798. The fourth-order valence-corrected chi connectivity index (χ4v) is 3.02. The van der Waals surface area contributed by atoms with E-state index in [0.717, 1.165) is 11.3 Å². The van der Waals surface area contributed by atoms with Crippen LogP contribution in [0, 0.1) is 6.92 Å². The molecule has 1 aliphatic rings. The summed E-state index contributed by atoms with van der Waals surface area (Å²) in [7, 11) is 5.22. The highest BCUT2D eigenvalue weighted by atomic mass is 16.2. The second-order valence-corrected chi connectivity index (χ2v) is 6.08. The van der Waals surface area contributed by atoms with E-state index in [1.54, 1.807) is 36.8 Å². The van der Waals surface area contributed by atoms with Crippen LogP contribution in [0.2, 0.25) is 0 Å². The molecule has 3 heterocycles. The standard InChI is InChI=1S/C16H20N6O2/c1-10-11(7-17-9-18-10)15(23)22-6-5-13-12(8-19-21(13)4)14(22)16(24)20(2)3/h7-9,14H,5-6H2,1-4H3. The molecule has 0 radical (unpaired) electrons. The monoisotopic (exact) mass is 328 g/mol. The lowest BCUT2D eigenvalue weighted by molar-refractivity contribution is -0.134. The molecule has 2 aromatic heterocycles. The number of amides is 2. The fraction of sp³-hybridized carbons (Fsp3) is 0.438. The zero-order valence-electron chi connectivity index (χ0n) is 14.2. The van der Waals surface area contributed by atoms with E-state index in [9.17, 15) is 9.59 Å². The van der Waals surface area contributed by atoms with Crippen LogP contribution >= 0.6 is 0 Å². The molecule has 1 unspecified atom stereocenters. The molecule has 0 aromatic carbocycles. The molecule has 2 aromatic rings. The van der Waals surface area contributed by atoms with E-state index in [1.165, 1.54) is 17.4 Å². The predicted molar refractivity (Wildman–Crippen MR) is 86.2 cm³/mol. The number of aryl methyl sites for hydroxylation is 2. The Kier molecular flexibility index (Phi) is 4.04. The third-order valence-electron chi connectivity index (χ3n) is 4.37. The molecule has 1 aliphatic heterocycles. The van der Waals surface area contributed by atoms with E-state index in [-0.39, 0.29) is 11.8 Å². The highest BCUT2D eigenvalue weighted by Crippen LogP contribution is 2.32. The fourth-order valence-electron chi connectivity index (χ4n) is 3.02. The molecule has 2 amide bonds. The van der Waals surface area contributed by atoms with Gasteiger partial charge in [-0.25, -0.2) is 9.97 Å². The summed E-state index contributed by atoms with van der Waals surface area (Å²) in [6.45, 7) is 2.21. The van der Waals surface area contributed by atoms with Crippen molar-refractivity contribution in [2.75, 3.05) is 20.6 Å². The molecular formula is C16H20N6O2. The first-order valence-corrected chi connectivity index (χ1v) is 7.71. The van der Waals surface area contributed by atoms with Crippen molar-refractivity contribution in [1.29, 1.82) is 0 Å². The van der Waals surface area contributed by atoms with Gasteiger partial charge >= 0.3 is 0 Å². The number of aromatic nitrogens is 4. The smallest absolute Gasteiger partial charge is 0.258 e. The molecule has 3 rings (SSSR count). The third kappa shape index (κ3) is 2.53. The Morgan fingerprint density at radius 2 is 2.04 bits per heavy atom. The largest absolute Gasteiger partial charge is 0.347 e. The van der Waals surface area contributed by atoms with Crippen molar-refractivity contribution in [2.45, 2.75) is 19.4 Å². The average Bonchev–Trinajstić information content (AvgIpc) is 2.94. The van der Waals surface area contributed by atoms with Gasteiger partial charge in [0, 0.05) is 51.6 Å². The molecule has 8 heteroatoms. The summed E-state index contributed by atoms with van der Waals surface area (Å²) in [6, 6.07) is -0.676. The second kappa shape index (κ2) is 6.03. The highest BCUT2D eigenvalue weighted by Gasteiger charge is 2.39. The quantitative estimate of drug-likeness (QED) is 0.794. The minimum Gasteiger partial charge on any atom is -0.347 e. The lowest BCUT2D eigenvalue weighted by Crippen LogP contribution is -2.47. The summed E-state index contributed by atoms with van der Waals surface area (Å²) in [5.74, 6) is -0.380. The SMILES string of the molecule is Cc1ncncc1C(=O)N1CCc2c(cnn2C)C1C(=O)N(C)C. The molecule has 24 heavy (non-hydrogen) atoms. The van der Waals surface area contributed by atoms with E-state index in [4.69, 9.17) is 0 Å². The van der Waals surface area contributed by atoms with Crippen LogP contribution in [0.1, 0.15) is 33.4 Å². The summed E-state index contributed by atoms with van der Waals surface area (Å²) in [5.41, 5.74) is 2.79. The zero-order valence-corrected chi connectivity index (χ0v) is 14.2. The molecule has 8 nitrogen and oxygen atoms in total. The summed E-state index contributed by atoms with van der Waals surface area (Å²) >= 11 is 0. The lowest BCUT2D eigenvalue weighted by Gasteiger charge is -2.36. The topological polar surface area (TPSA) is 84.2 Å². The summed E-state index contributed by atoms with van der Waals surface area (Å²) < 4.78 is 1.77. The van der Waals surface area contributed by atoms with Gasteiger partial charge < -0.3 is 9.80 Å². The molecule has 0 aliphatic carbocycles. The van der Waals surface area contributed by atoms with Crippen molar-refractivity contribution in [3.05, 3.63) is 41.2 Å². The van der Waals surface area contributed by atoms with Crippen molar-refractivity contribution in [3.8, 4) is 0 Å². The van der Waals surface area contributed by atoms with Crippen LogP contribution < -0.4 is 0 Å². The molecule has 0 N–H and O–H groups in total. The van der Waals surface area contributed by atoms with Crippen LogP contribution in [-0.2, 0) is 18.3 Å². The first-order valence-electron chi connectivity index (χ1n) is 7.71. The summed E-state index contributed by atoms with van der Waals surface area (Å²) in [5, 5.41) is 4.26. The summed E-state index contributed by atoms with van der Waals surface area (Å²) in [4.78, 5) is 36.9.